The number of hydrogen-bond donors (Lipinski definition) is 1. The number of aromatic carboxylic acids is 1. The van der Waals surface area contributed by atoms with E-state index in [9.17, 15) is 23.1 Å². The number of halogens is 3. The van der Waals surface area contributed by atoms with Crippen molar-refractivity contribution in [2.45, 2.75) is 75.6 Å². The topological polar surface area (TPSA) is 97.9 Å². The van der Waals surface area contributed by atoms with Crippen molar-refractivity contribution in [2.24, 2.45) is 0 Å². The van der Waals surface area contributed by atoms with Gasteiger partial charge in [-0.25, -0.2) is 4.79 Å². The number of para-hydroxylation sites is 2. The van der Waals surface area contributed by atoms with Crippen molar-refractivity contribution in [3.63, 3.8) is 0 Å². The maximum atomic E-state index is 13.1. The minimum absolute atomic E-state index is 0.0447. The Morgan fingerprint density at radius 3 is 2.52 bits per heavy atom. The molecule has 0 amide bonds. The molecule has 1 N–H and O–H groups in total. The zero-order valence-corrected chi connectivity index (χ0v) is 22.5. The average molecular weight is 580 g/mol. The summed E-state index contributed by atoms with van der Waals surface area (Å²) in [4.78, 5) is 18.4. The number of aromatic nitrogens is 2. The Labute approximate surface area is 239 Å². The van der Waals surface area contributed by atoms with Crippen molar-refractivity contribution in [2.75, 3.05) is 4.90 Å². The first-order valence-electron chi connectivity index (χ1n) is 14.1. The van der Waals surface area contributed by atoms with Crippen molar-refractivity contribution in [3.8, 4) is 17.0 Å². The van der Waals surface area contributed by atoms with Gasteiger partial charge in [0.25, 0.3) is 0 Å². The number of hydrogen-bond acceptors (Lipinski definition) is 7. The smallest absolute Gasteiger partial charge is 0.478 e. The van der Waals surface area contributed by atoms with Gasteiger partial charge in [0.1, 0.15) is 17.2 Å². The number of piperidine rings is 1. The predicted octanol–water partition coefficient (Wildman–Crippen LogP) is 7.08. The van der Waals surface area contributed by atoms with Crippen molar-refractivity contribution >= 4 is 22.6 Å². The Hall–Kier alpha value is -4.12. The van der Waals surface area contributed by atoms with E-state index in [1.165, 1.54) is 18.3 Å². The van der Waals surface area contributed by atoms with Crippen LogP contribution in [0.15, 0.2) is 59.3 Å². The second-order valence-electron chi connectivity index (χ2n) is 11.3. The Balaban J connectivity index is 1.11. The zero-order chi connectivity index (χ0) is 29.0. The summed E-state index contributed by atoms with van der Waals surface area (Å²) in [6.07, 6.45) is 1.98. The number of pyridine rings is 1. The average Bonchev–Trinajstić information content (AvgIpc) is 3.66. The fraction of sp³-hybridized carbons (Fsp3) is 0.387. The van der Waals surface area contributed by atoms with Crippen LogP contribution in [0.3, 0.4) is 0 Å². The molecule has 11 heteroatoms. The summed E-state index contributed by atoms with van der Waals surface area (Å²) >= 11 is 0. The van der Waals surface area contributed by atoms with Crippen molar-refractivity contribution in [3.05, 3.63) is 71.6 Å². The lowest BCUT2D eigenvalue weighted by Gasteiger charge is -2.40. The van der Waals surface area contributed by atoms with Gasteiger partial charge < -0.3 is 24.0 Å². The molecule has 8 nitrogen and oxygen atoms in total. The van der Waals surface area contributed by atoms with Crippen molar-refractivity contribution in [1.29, 1.82) is 0 Å². The van der Waals surface area contributed by atoms with E-state index in [-0.39, 0.29) is 47.6 Å². The summed E-state index contributed by atoms with van der Waals surface area (Å²) < 4.78 is 55.8. The molecule has 0 spiro atoms. The van der Waals surface area contributed by atoms with Gasteiger partial charge in [0.2, 0.25) is 0 Å². The van der Waals surface area contributed by atoms with E-state index in [1.54, 1.807) is 18.2 Å². The van der Waals surface area contributed by atoms with Gasteiger partial charge in [-0.15, -0.1) is 13.2 Å². The zero-order valence-electron chi connectivity index (χ0n) is 22.5. The molecular weight excluding hydrogens is 551 g/mol. The number of rotatable bonds is 8. The molecule has 3 aliphatic rings. The Bertz CT molecular complexity index is 1640. The second kappa shape index (κ2) is 10.3. The minimum atomic E-state index is -4.83. The third-order valence-corrected chi connectivity index (χ3v) is 8.50. The molecule has 3 fully saturated rings. The highest BCUT2D eigenvalue weighted by Crippen LogP contribution is 2.47. The summed E-state index contributed by atoms with van der Waals surface area (Å²) in [5.41, 5.74) is 3.14. The van der Waals surface area contributed by atoms with E-state index in [1.807, 2.05) is 18.2 Å². The van der Waals surface area contributed by atoms with E-state index in [0.717, 1.165) is 55.1 Å². The Morgan fingerprint density at radius 1 is 1.05 bits per heavy atom. The van der Waals surface area contributed by atoms with Crippen molar-refractivity contribution < 1.29 is 37.1 Å². The number of carboxylic acids is 1. The summed E-state index contributed by atoms with van der Waals surface area (Å²) in [7, 11) is 0. The van der Waals surface area contributed by atoms with Gasteiger partial charge in [-0.05, 0) is 62.8 Å². The van der Waals surface area contributed by atoms with E-state index in [4.69, 9.17) is 9.26 Å². The van der Waals surface area contributed by atoms with Crippen LogP contribution in [0.5, 0.6) is 5.75 Å². The quantitative estimate of drug-likeness (QED) is 0.237. The van der Waals surface area contributed by atoms with Crippen LogP contribution in [0.1, 0.15) is 66.1 Å². The summed E-state index contributed by atoms with van der Waals surface area (Å²) in [6.45, 7) is 0.183. The minimum Gasteiger partial charge on any atom is -0.478 e. The number of nitrogens with zero attached hydrogens (tertiary/aromatic N) is 3. The van der Waals surface area contributed by atoms with Crippen LogP contribution in [0.4, 0.5) is 18.9 Å². The molecule has 4 heterocycles. The summed E-state index contributed by atoms with van der Waals surface area (Å²) in [5, 5.41) is 14.3. The molecule has 2 bridgehead atoms. The van der Waals surface area contributed by atoms with Gasteiger partial charge in [0, 0.05) is 40.7 Å². The number of carboxylic acid groups (broad SMARTS) is 1. The predicted molar refractivity (Wildman–Crippen MR) is 146 cm³/mol. The summed E-state index contributed by atoms with van der Waals surface area (Å²) in [5.74, 6) is -0.466. The molecular formula is C31H28F3N3O5. The molecule has 2 atom stereocenters. The highest BCUT2D eigenvalue weighted by Gasteiger charge is 2.42. The third-order valence-electron chi connectivity index (χ3n) is 8.50. The molecule has 2 unspecified atom stereocenters. The van der Waals surface area contributed by atoms with Crippen LogP contribution >= 0.6 is 0 Å². The largest absolute Gasteiger partial charge is 0.573 e. The van der Waals surface area contributed by atoms with Crippen LogP contribution in [-0.2, 0) is 11.3 Å². The number of anilines is 1. The lowest BCUT2D eigenvalue weighted by molar-refractivity contribution is -0.274. The number of benzene rings is 2. The Kier molecular flexibility index (Phi) is 6.56. The molecule has 4 aromatic rings. The highest BCUT2D eigenvalue weighted by molar-refractivity contribution is 5.96. The van der Waals surface area contributed by atoms with E-state index < -0.39 is 12.3 Å². The summed E-state index contributed by atoms with van der Waals surface area (Å²) in [6, 6.07) is 13.9. The molecule has 1 saturated carbocycles. The van der Waals surface area contributed by atoms with Crippen LogP contribution in [0, 0.1) is 0 Å². The van der Waals surface area contributed by atoms with Gasteiger partial charge in [-0.3, -0.25) is 4.98 Å². The maximum absolute atomic E-state index is 13.1. The molecule has 42 heavy (non-hydrogen) atoms. The normalized spacial score (nSPS) is 22.1. The lowest BCUT2D eigenvalue weighted by Crippen LogP contribution is -2.45. The fourth-order valence-corrected chi connectivity index (χ4v) is 6.54. The molecule has 2 aromatic carbocycles. The first-order valence-corrected chi connectivity index (χ1v) is 14.1. The molecule has 2 aromatic heterocycles. The SMILES string of the molecule is O=C(O)c1cnc2c(N3C4CCC3CC(OCc3c(-c5ccccc5OC(F)(F)F)noc3C3CC3)C4)cccc2c1. The van der Waals surface area contributed by atoms with Crippen LogP contribution < -0.4 is 9.64 Å². The molecule has 7 rings (SSSR count). The fourth-order valence-electron chi connectivity index (χ4n) is 6.54. The monoisotopic (exact) mass is 579 g/mol. The van der Waals surface area contributed by atoms with Crippen LogP contribution in [0.25, 0.3) is 22.2 Å². The van der Waals surface area contributed by atoms with Gasteiger partial charge in [-0.2, -0.15) is 0 Å². The van der Waals surface area contributed by atoms with Crippen LogP contribution in [0.2, 0.25) is 0 Å². The van der Waals surface area contributed by atoms with Gasteiger partial charge >= 0.3 is 12.3 Å². The molecule has 218 valence electrons. The lowest BCUT2D eigenvalue weighted by atomic mass is 9.97. The molecule has 2 saturated heterocycles. The highest BCUT2D eigenvalue weighted by atomic mass is 19.4. The number of ether oxygens (including phenoxy) is 2. The molecule has 0 radical (unpaired) electrons. The standard InChI is InChI=1S/C31H28F3N3O5/c32-31(33,34)41-26-7-2-1-5-23(26)28-24(29(42-36-28)17-8-9-17)16-40-22-13-20-10-11-21(14-22)37(20)25-6-3-4-18-12-19(30(38)39)15-35-27(18)25/h1-7,12,15,17,20-22H,8-11,13-14,16H2,(H,38,39). The Morgan fingerprint density at radius 2 is 1.81 bits per heavy atom. The van der Waals surface area contributed by atoms with E-state index in [2.05, 4.69) is 19.8 Å². The van der Waals surface area contributed by atoms with E-state index in [0.29, 0.717) is 17.0 Å². The third kappa shape index (κ3) is 5.06. The first kappa shape index (κ1) is 26.8. The first-order chi connectivity index (χ1) is 20.2. The number of fused-ring (bicyclic) bond motifs is 3. The van der Waals surface area contributed by atoms with Crippen molar-refractivity contribution in [1.82, 2.24) is 10.1 Å². The van der Waals surface area contributed by atoms with Crippen LogP contribution in [-0.4, -0.2) is 45.8 Å². The van der Waals surface area contributed by atoms with Gasteiger partial charge in [-0.1, -0.05) is 29.4 Å². The van der Waals surface area contributed by atoms with Gasteiger partial charge in [0.05, 0.1) is 29.5 Å². The second-order valence-corrected chi connectivity index (χ2v) is 11.3. The number of carbonyl (C=O) groups is 1. The number of alkyl halides is 3. The van der Waals surface area contributed by atoms with E-state index >= 15 is 0 Å². The molecule has 1 aliphatic carbocycles. The maximum Gasteiger partial charge on any atom is 0.573 e. The molecule has 2 aliphatic heterocycles. The van der Waals surface area contributed by atoms with Gasteiger partial charge in [0.15, 0.2) is 0 Å².